The first-order valence-corrected chi connectivity index (χ1v) is 7.27. The number of carbonyl (C=O) groups excluding carboxylic acids is 2. The van der Waals surface area contributed by atoms with Crippen LogP contribution in [0.15, 0.2) is 24.3 Å². The minimum atomic E-state index is -0.320. The van der Waals surface area contributed by atoms with Gasteiger partial charge in [-0.05, 0) is 42.4 Å². The molecular formula is C16H20N2O2. The van der Waals surface area contributed by atoms with Crippen LogP contribution in [0.4, 0.5) is 5.69 Å². The van der Waals surface area contributed by atoms with Gasteiger partial charge in [0.2, 0.25) is 11.8 Å². The topological polar surface area (TPSA) is 49.4 Å². The van der Waals surface area contributed by atoms with Gasteiger partial charge in [-0.2, -0.15) is 0 Å². The molecule has 1 unspecified atom stereocenters. The molecule has 0 bridgehead atoms. The van der Waals surface area contributed by atoms with Crippen LogP contribution in [0.3, 0.4) is 0 Å². The Bertz CT molecular complexity index is 549. The summed E-state index contributed by atoms with van der Waals surface area (Å²) in [6.07, 6.45) is 2.08. The molecule has 1 aliphatic carbocycles. The van der Waals surface area contributed by atoms with E-state index in [0.717, 1.165) is 18.5 Å². The molecule has 0 spiro atoms. The van der Waals surface area contributed by atoms with Gasteiger partial charge >= 0.3 is 0 Å². The van der Waals surface area contributed by atoms with E-state index in [-0.39, 0.29) is 24.4 Å². The van der Waals surface area contributed by atoms with E-state index < -0.39 is 0 Å². The van der Waals surface area contributed by atoms with Gasteiger partial charge in [-0.1, -0.05) is 26.0 Å². The number of nitrogens with one attached hydrogen (secondary N) is 1. The number of hydrogen-bond acceptors (Lipinski definition) is 2. The van der Waals surface area contributed by atoms with E-state index in [1.54, 1.807) is 4.90 Å². The molecule has 2 amide bonds. The Balaban J connectivity index is 1.89. The lowest BCUT2D eigenvalue weighted by Gasteiger charge is -2.33. The molecule has 1 saturated carbocycles. The molecule has 1 heterocycles. The summed E-state index contributed by atoms with van der Waals surface area (Å²) in [7, 11) is 0. The lowest BCUT2D eigenvalue weighted by Crippen LogP contribution is -2.59. The van der Waals surface area contributed by atoms with Gasteiger partial charge in [0.05, 0.1) is 0 Å². The van der Waals surface area contributed by atoms with Gasteiger partial charge in [-0.3, -0.25) is 9.59 Å². The maximum Gasteiger partial charge on any atom is 0.250 e. The second-order valence-electron chi connectivity index (χ2n) is 6.06. The summed E-state index contributed by atoms with van der Waals surface area (Å²) in [4.78, 5) is 26.0. The van der Waals surface area contributed by atoms with E-state index in [4.69, 9.17) is 0 Å². The zero-order chi connectivity index (χ0) is 14.3. The van der Waals surface area contributed by atoms with E-state index in [1.807, 2.05) is 18.2 Å². The maximum atomic E-state index is 12.5. The Morgan fingerprint density at radius 1 is 1.25 bits per heavy atom. The molecule has 0 radical (unpaired) electrons. The van der Waals surface area contributed by atoms with Gasteiger partial charge in [0, 0.05) is 5.69 Å². The van der Waals surface area contributed by atoms with Crippen molar-refractivity contribution >= 4 is 17.5 Å². The molecular weight excluding hydrogens is 252 g/mol. The highest BCUT2D eigenvalue weighted by Gasteiger charge is 2.43. The van der Waals surface area contributed by atoms with Gasteiger partial charge < -0.3 is 10.2 Å². The van der Waals surface area contributed by atoms with E-state index in [1.165, 1.54) is 5.56 Å². The number of hydrogen-bond donors (Lipinski definition) is 1. The predicted molar refractivity (Wildman–Crippen MR) is 77.5 cm³/mol. The summed E-state index contributed by atoms with van der Waals surface area (Å²) in [5.41, 5.74) is 2.02. The van der Waals surface area contributed by atoms with Gasteiger partial charge in [0.15, 0.2) is 0 Å². The fourth-order valence-electron chi connectivity index (χ4n) is 2.69. The summed E-state index contributed by atoms with van der Waals surface area (Å²) in [5.74, 6) is 0.717. The van der Waals surface area contributed by atoms with Gasteiger partial charge in [0.1, 0.15) is 12.6 Å². The monoisotopic (exact) mass is 272 g/mol. The van der Waals surface area contributed by atoms with Crippen molar-refractivity contribution in [2.75, 3.05) is 11.4 Å². The van der Waals surface area contributed by atoms with Crippen LogP contribution in [0, 0.1) is 5.92 Å². The third-order valence-corrected chi connectivity index (χ3v) is 4.09. The van der Waals surface area contributed by atoms with Crippen LogP contribution in [-0.2, 0) is 9.59 Å². The second kappa shape index (κ2) is 4.93. The third kappa shape index (κ3) is 2.42. The molecule has 2 aliphatic rings. The first kappa shape index (κ1) is 13.2. The van der Waals surface area contributed by atoms with Crippen molar-refractivity contribution in [2.45, 2.75) is 38.6 Å². The van der Waals surface area contributed by atoms with Crippen LogP contribution >= 0.6 is 0 Å². The minimum absolute atomic E-state index is 0.0352. The van der Waals surface area contributed by atoms with Crippen LogP contribution in [0.2, 0.25) is 0 Å². The zero-order valence-corrected chi connectivity index (χ0v) is 11.9. The summed E-state index contributed by atoms with van der Waals surface area (Å²) in [6.45, 7) is 4.37. The number of piperazine rings is 1. The zero-order valence-electron chi connectivity index (χ0n) is 11.9. The van der Waals surface area contributed by atoms with Crippen molar-refractivity contribution in [3.8, 4) is 0 Å². The maximum absolute atomic E-state index is 12.5. The normalized spacial score (nSPS) is 23.1. The van der Waals surface area contributed by atoms with Crippen LogP contribution in [0.25, 0.3) is 0 Å². The molecule has 3 rings (SSSR count). The molecule has 1 saturated heterocycles. The van der Waals surface area contributed by atoms with Gasteiger partial charge in [-0.15, -0.1) is 0 Å². The highest BCUT2D eigenvalue weighted by Crippen LogP contribution is 2.35. The number of rotatable bonds is 3. The van der Waals surface area contributed by atoms with Crippen molar-refractivity contribution in [3.05, 3.63) is 29.8 Å². The van der Waals surface area contributed by atoms with E-state index in [2.05, 4.69) is 25.2 Å². The summed E-state index contributed by atoms with van der Waals surface area (Å²) in [6, 6.07) is 7.62. The van der Waals surface area contributed by atoms with Crippen LogP contribution in [0.5, 0.6) is 0 Å². The van der Waals surface area contributed by atoms with Crippen LogP contribution < -0.4 is 10.2 Å². The molecule has 1 aromatic carbocycles. The lowest BCUT2D eigenvalue weighted by molar-refractivity contribution is -0.131. The largest absolute Gasteiger partial charge is 0.342 e. The van der Waals surface area contributed by atoms with Gasteiger partial charge in [0.25, 0.3) is 0 Å². The van der Waals surface area contributed by atoms with Crippen molar-refractivity contribution in [1.29, 1.82) is 0 Å². The molecule has 4 nitrogen and oxygen atoms in total. The molecule has 1 aliphatic heterocycles. The Labute approximate surface area is 119 Å². The van der Waals surface area contributed by atoms with E-state index in [0.29, 0.717) is 11.8 Å². The van der Waals surface area contributed by atoms with Crippen molar-refractivity contribution in [3.63, 3.8) is 0 Å². The number of anilines is 1. The molecule has 106 valence electrons. The van der Waals surface area contributed by atoms with Crippen molar-refractivity contribution in [2.24, 2.45) is 5.92 Å². The van der Waals surface area contributed by atoms with E-state index in [9.17, 15) is 9.59 Å². The fraction of sp³-hybridized carbons (Fsp3) is 0.500. The number of benzene rings is 1. The Hall–Kier alpha value is -1.84. The number of carbonyl (C=O) groups is 2. The Morgan fingerprint density at radius 3 is 2.65 bits per heavy atom. The third-order valence-electron chi connectivity index (χ3n) is 4.09. The molecule has 1 N–H and O–H groups in total. The molecule has 4 heteroatoms. The standard InChI is InChI=1S/C16H20N2O2/c1-10(2)12-4-3-5-13(8-12)18-9-14(19)17-15(16(18)20)11-6-7-11/h3-5,8,10-11,15H,6-7,9H2,1-2H3,(H,17,19). The number of nitrogens with zero attached hydrogens (tertiary/aromatic N) is 1. The first-order chi connectivity index (χ1) is 9.56. The van der Waals surface area contributed by atoms with E-state index >= 15 is 0 Å². The average molecular weight is 272 g/mol. The van der Waals surface area contributed by atoms with Crippen LogP contribution in [0.1, 0.15) is 38.2 Å². The Kier molecular flexibility index (Phi) is 3.24. The fourth-order valence-corrected chi connectivity index (χ4v) is 2.69. The SMILES string of the molecule is CC(C)c1cccc(N2CC(=O)NC(C3CC3)C2=O)c1. The molecule has 1 atom stereocenters. The molecule has 20 heavy (non-hydrogen) atoms. The highest BCUT2D eigenvalue weighted by molar-refractivity contribution is 6.06. The average Bonchev–Trinajstić information content (AvgIpc) is 3.25. The minimum Gasteiger partial charge on any atom is -0.342 e. The molecule has 1 aromatic rings. The second-order valence-corrected chi connectivity index (χ2v) is 6.06. The Morgan fingerprint density at radius 2 is 2.00 bits per heavy atom. The molecule has 2 fully saturated rings. The first-order valence-electron chi connectivity index (χ1n) is 7.27. The molecule has 0 aromatic heterocycles. The van der Waals surface area contributed by atoms with Gasteiger partial charge in [-0.25, -0.2) is 0 Å². The summed E-state index contributed by atoms with van der Waals surface area (Å²) in [5, 5.41) is 2.84. The lowest BCUT2D eigenvalue weighted by atomic mass is 10.0. The number of amides is 2. The smallest absolute Gasteiger partial charge is 0.250 e. The van der Waals surface area contributed by atoms with Crippen molar-refractivity contribution in [1.82, 2.24) is 5.32 Å². The quantitative estimate of drug-likeness (QED) is 0.915. The van der Waals surface area contributed by atoms with Crippen molar-refractivity contribution < 1.29 is 9.59 Å². The summed E-state index contributed by atoms with van der Waals surface area (Å²) < 4.78 is 0. The van der Waals surface area contributed by atoms with Crippen LogP contribution in [-0.4, -0.2) is 24.4 Å². The predicted octanol–water partition coefficient (Wildman–Crippen LogP) is 2.05. The highest BCUT2D eigenvalue weighted by atomic mass is 16.2. The summed E-state index contributed by atoms with van der Waals surface area (Å²) >= 11 is 0.